The van der Waals surface area contributed by atoms with E-state index >= 15 is 4.39 Å². The first kappa shape index (κ1) is 35.0. The molecule has 3 unspecified atom stereocenters. The molecule has 3 N–H and O–H groups in total. The average molecular weight is 750 g/mol. The zero-order chi connectivity index (χ0) is 35.3. The van der Waals surface area contributed by atoms with Crippen molar-refractivity contribution in [1.82, 2.24) is 15.1 Å². The van der Waals surface area contributed by atoms with Gasteiger partial charge in [-0.05, 0) is 89.0 Å². The second-order valence-electron chi connectivity index (χ2n) is 11.3. The zero-order valence-electron chi connectivity index (χ0n) is 24.5. The maximum atomic E-state index is 15.4. The van der Waals surface area contributed by atoms with E-state index in [0.29, 0.717) is 24.5 Å². The first-order chi connectivity index (χ1) is 22.4. The van der Waals surface area contributed by atoms with Gasteiger partial charge in [-0.1, -0.05) is 13.0 Å². The number of amides is 2. The van der Waals surface area contributed by atoms with Gasteiger partial charge in [-0.2, -0.15) is 30.7 Å². The van der Waals surface area contributed by atoms with E-state index in [0.717, 1.165) is 17.2 Å². The van der Waals surface area contributed by atoms with Gasteiger partial charge in [0.1, 0.15) is 23.1 Å². The molecule has 0 saturated heterocycles. The van der Waals surface area contributed by atoms with E-state index in [4.69, 9.17) is 10.5 Å². The number of ether oxygens (including phenoxy) is 1. The molecule has 2 heterocycles. The lowest BCUT2D eigenvalue weighted by Gasteiger charge is -2.51. The quantitative estimate of drug-likeness (QED) is 0.121. The van der Waals surface area contributed by atoms with Crippen LogP contribution in [0.25, 0.3) is 11.3 Å². The van der Waals surface area contributed by atoms with E-state index in [1.54, 1.807) is 6.92 Å². The van der Waals surface area contributed by atoms with Crippen LogP contribution in [0.2, 0.25) is 0 Å². The highest BCUT2D eigenvalue weighted by Crippen LogP contribution is 2.53. The topological polar surface area (TPSA) is 122 Å². The van der Waals surface area contributed by atoms with Crippen LogP contribution >= 0.6 is 15.9 Å². The highest BCUT2D eigenvalue weighted by molar-refractivity contribution is 9.09. The molecule has 2 aliphatic rings. The van der Waals surface area contributed by atoms with Gasteiger partial charge in [0.25, 0.3) is 5.91 Å². The first-order valence-electron chi connectivity index (χ1n) is 14.0. The van der Waals surface area contributed by atoms with Crippen molar-refractivity contribution in [2.24, 2.45) is 17.6 Å². The fourth-order valence-corrected chi connectivity index (χ4v) is 6.55. The lowest BCUT2D eigenvalue weighted by Crippen LogP contribution is -2.64. The Hall–Kier alpha value is -4.32. The number of rotatable bonds is 7. The molecule has 9 nitrogen and oxygen atoms in total. The fourth-order valence-electron chi connectivity index (χ4n) is 6.31. The number of hydrogen-bond donors (Lipinski definition) is 2. The third-order valence-corrected chi connectivity index (χ3v) is 8.78. The molecule has 0 bridgehead atoms. The monoisotopic (exact) mass is 749 g/mol. The summed E-state index contributed by atoms with van der Waals surface area (Å²) in [6.07, 6.45) is -8.49. The number of benzene rings is 2. The van der Waals surface area contributed by atoms with Crippen molar-refractivity contribution >= 4 is 33.4 Å². The number of anilines is 1. The highest BCUT2D eigenvalue weighted by atomic mass is 79.9. The van der Waals surface area contributed by atoms with Crippen LogP contribution in [0.1, 0.15) is 36.6 Å². The van der Waals surface area contributed by atoms with E-state index in [-0.39, 0.29) is 35.5 Å². The Morgan fingerprint density at radius 1 is 1.08 bits per heavy atom. The number of primary amides is 1. The molecular formula is C30H24BrF8N5O4. The van der Waals surface area contributed by atoms with Gasteiger partial charge in [0.05, 0.1) is 22.5 Å². The van der Waals surface area contributed by atoms with E-state index < -0.39 is 92.7 Å². The van der Waals surface area contributed by atoms with Crippen molar-refractivity contribution in [3.8, 4) is 17.0 Å². The van der Waals surface area contributed by atoms with Crippen LogP contribution in [-0.4, -0.2) is 43.2 Å². The Morgan fingerprint density at radius 2 is 1.79 bits per heavy atom. The van der Waals surface area contributed by atoms with Crippen LogP contribution in [0.15, 0.2) is 54.4 Å². The summed E-state index contributed by atoms with van der Waals surface area (Å²) >= 11 is 2.96. The van der Waals surface area contributed by atoms with E-state index in [1.807, 2.05) is 0 Å². The van der Waals surface area contributed by atoms with Gasteiger partial charge >= 0.3 is 18.3 Å². The zero-order valence-corrected chi connectivity index (χ0v) is 26.1. The van der Waals surface area contributed by atoms with Gasteiger partial charge in [0.15, 0.2) is 11.6 Å². The predicted octanol–water partition coefficient (Wildman–Crippen LogP) is 6.58. The molecule has 3 atom stereocenters. The molecule has 5 rings (SSSR count). The largest absolute Gasteiger partial charge is 0.479 e. The number of aromatic nitrogens is 2. The molecule has 1 aliphatic carbocycles. The van der Waals surface area contributed by atoms with Crippen molar-refractivity contribution in [1.29, 1.82) is 0 Å². The minimum Gasteiger partial charge on any atom is -0.479 e. The molecule has 2 aromatic carbocycles. The van der Waals surface area contributed by atoms with Crippen molar-refractivity contribution in [3.63, 3.8) is 0 Å². The first-order valence-corrected chi connectivity index (χ1v) is 15.2. The van der Waals surface area contributed by atoms with Crippen molar-refractivity contribution in [2.75, 3.05) is 10.5 Å². The molecule has 2 amide bonds. The van der Waals surface area contributed by atoms with Gasteiger partial charge in [0.2, 0.25) is 5.82 Å². The Balaban J connectivity index is 1.77. The van der Waals surface area contributed by atoms with Gasteiger partial charge in [0, 0.05) is 5.56 Å². The SMILES string of the molecule is CC1CCC2(C=C(C(N)=O)C(=O)N(O)N2c2ccc(C(F)(F)F)cc2-c2cc(C(F)(F)F)ncn2)C1Cc1ccc(OCBr)c(F)c1F. The number of hydrogen-bond acceptors (Lipinski definition) is 7. The average Bonchev–Trinajstić information content (AvgIpc) is 3.32. The highest BCUT2D eigenvalue weighted by Gasteiger charge is 2.56. The van der Waals surface area contributed by atoms with Crippen LogP contribution < -0.4 is 15.5 Å². The number of nitrogens with two attached hydrogens (primary N) is 1. The van der Waals surface area contributed by atoms with Crippen LogP contribution in [0.4, 0.5) is 40.8 Å². The molecule has 1 aromatic heterocycles. The summed E-state index contributed by atoms with van der Waals surface area (Å²) in [4.78, 5) is 32.6. The standard InChI is InChI=1S/C30H24BrF8N5O4/c1-14-6-7-28(19(14)8-15-2-5-22(48-12-31)25(33)24(15)32)11-18(26(40)45)27(46)44(47)43(28)21-4-3-16(29(34,35)36)9-17(21)20-10-23(30(37,38)39)42-13-41-20/h2-5,9-11,13-14,19,47H,6-8,12H2,1H3,(H2,40,45). The molecule has 1 saturated carbocycles. The summed E-state index contributed by atoms with van der Waals surface area (Å²) in [6, 6.07) is 4.70. The Bertz CT molecular complexity index is 1800. The molecule has 1 fully saturated rings. The summed E-state index contributed by atoms with van der Waals surface area (Å²) in [5.41, 5.74) is -1.82. The number of hydroxylamine groups is 1. The molecule has 1 aliphatic heterocycles. The second kappa shape index (κ2) is 12.6. The lowest BCUT2D eigenvalue weighted by atomic mass is 9.76. The molecule has 1 spiro atoms. The smallest absolute Gasteiger partial charge is 0.433 e. The number of carbonyl (C=O) groups excluding carboxylic acids is 2. The van der Waals surface area contributed by atoms with E-state index in [1.165, 1.54) is 12.1 Å². The van der Waals surface area contributed by atoms with Gasteiger partial charge in [-0.3, -0.25) is 14.8 Å². The van der Waals surface area contributed by atoms with Gasteiger partial charge < -0.3 is 10.5 Å². The fraction of sp³-hybridized carbons (Fsp3) is 0.333. The van der Waals surface area contributed by atoms with Crippen molar-refractivity contribution in [3.05, 3.63) is 82.8 Å². The molecule has 48 heavy (non-hydrogen) atoms. The molecule has 3 aromatic rings. The number of alkyl halides is 7. The maximum Gasteiger partial charge on any atom is 0.433 e. The summed E-state index contributed by atoms with van der Waals surface area (Å²) in [5.74, 6) is -7.02. The second-order valence-corrected chi connectivity index (χ2v) is 11.7. The van der Waals surface area contributed by atoms with Crippen LogP contribution in [0, 0.1) is 23.5 Å². The summed E-state index contributed by atoms with van der Waals surface area (Å²) in [7, 11) is 0. The van der Waals surface area contributed by atoms with Gasteiger partial charge in [-0.25, -0.2) is 19.4 Å². The van der Waals surface area contributed by atoms with E-state index in [2.05, 4.69) is 25.9 Å². The molecular weight excluding hydrogens is 726 g/mol. The Kier molecular flexibility index (Phi) is 9.19. The van der Waals surface area contributed by atoms with Gasteiger partial charge in [-0.15, -0.1) is 5.17 Å². The summed E-state index contributed by atoms with van der Waals surface area (Å²) < 4.78 is 118. The Morgan fingerprint density at radius 3 is 2.42 bits per heavy atom. The molecule has 18 heteroatoms. The lowest BCUT2D eigenvalue weighted by molar-refractivity contribution is -0.171. The Labute approximate surface area is 275 Å². The number of nitrogens with zero attached hydrogens (tertiary/aromatic N) is 4. The van der Waals surface area contributed by atoms with Crippen LogP contribution in [0.3, 0.4) is 0 Å². The van der Waals surface area contributed by atoms with Crippen LogP contribution in [0.5, 0.6) is 5.75 Å². The maximum absolute atomic E-state index is 15.4. The summed E-state index contributed by atoms with van der Waals surface area (Å²) in [6.45, 7) is 1.71. The number of halogens is 9. The van der Waals surface area contributed by atoms with E-state index in [9.17, 15) is 45.5 Å². The minimum absolute atomic E-state index is 0.0348. The minimum atomic E-state index is -5.02. The van der Waals surface area contributed by atoms with Crippen molar-refractivity contribution < 1.29 is 54.7 Å². The number of carbonyl (C=O) groups is 2. The number of hydrazine groups is 1. The normalized spacial score (nSPS) is 21.6. The van der Waals surface area contributed by atoms with Crippen LogP contribution in [-0.2, 0) is 28.4 Å². The third kappa shape index (κ3) is 6.18. The van der Waals surface area contributed by atoms with Crippen molar-refractivity contribution in [2.45, 2.75) is 44.1 Å². The predicted molar refractivity (Wildman–Crippen MR) is 155 cm³/mol. The molecule has 256 valence electrons. The summed E-state index contributed by atoms with van der Waals surface area (Å²) in [5, 5.41) is 12.1. The molecule has 0 radical (unpaired) electrons. The third-order valence-electron chi connectivity index (χ3n) is 8.55.